The quantitative estimate of drug-likeness (QED) is 0.0796. The Morgan fingerprint density at radius 2 is 1.28 bits per heavy atom. The fourth-order valence-corrected chi connectivity index (χ4v) is 4.02. The largest absolute Gasteiger partial charge is 0.480 e. The maximum absolute atomic E-state index is 12.0. The van der Waals surface area contributed by atoms with E-state index in [1.807, 2.05) is 0 Å². The lowest BCUT2D eigenvalue weighted by Gasteiger charge is -2.18. The van der Waals surface area contributed by atoms with Crippen LogP contribution in [0.25, 0.3) is 0 Å². The number of carbonyl (C=O) groups excluding carboxylic acids is 2. The molecule has 0 aliphatic heterocycles. The highest BCUT2D eigenvalue weighted by Crippen LogP contribution is 2.43. The predicted molar refractivity (Wildman–Crippen MR) is 134 cm³/mol. The first kappa shape index (κ1) is 34.5. The molecule has 0 aliphatic rings. The van der Waals surface area contributed by atoms with Crippen molar-refractivity contribution in [2.45, 2.75) is 116 Å². The van der Waals surface area contributed by atoms with E-state index in [9.17, 15) is 34.1 Å². The number of carboxylic acid groups (broad SMARTS) is 1. The van der Waals surface area contributed by atoms with Crippen LogP contribution in [-0.4, -0.2) is 64.9 Å². The Balaban J connectivity index is 4.18. The molecule has 0 fully saturated rings. The van der Waals surface area contributed by atoms with E-state index in [0.29, 0.717) is 12.8 Å². The molecule has 0 radical (unpaired) electrons. The first-order chi connectivity index (χ1) is 17.1. The van der Waals surface area contributed by atoms with E-state index >= 15 is 0 Å². The van der Waals surface area contributed by atoms with Gasteiger partial charge in [0, 0.05) is 12.8 Å². The number of phosphoric ester groups is 1. The summed E-state index contributed by atoms with van der Waals surface area (Å²) in [6, 6.07) is -1.53. The van der Waals surface area contributed by atoms with Gasteiger partial charge in [-0.25, -0.2) is 9.36 Å². The van der Waals surface area contributed by atoms with Gasteiger partial charge in [0.05, 0.1) is 13.2 Å². The van der Waals surface area contributed by atoms with Gasteiger partial charge < -0.3 is 25.2 Å². The molecule has 0 aromatic rings. The molecule has 3 atom stereocenters. The molecule has 1 amide bonds. The minimum atomic E-state index is -4.71. The number of phosphoric acid groups is 1. The molecule has 12 heteroatoms. The topological polar surface area (TPSA) is 169 Å². The van der Waals surface area contributed by atoms with E-state index < -0.39 is 57.6 Å². The zero-order valence-corrected chi connectivity index (χ0v) is 22.7. The van der Waals surface area contributed by atoms with Crippen molar-refractivity contribution in [1.82, 2.24) is 5.32 Å². The molecule has 0 heterocycles. The van der Waals surface area contributed by atoms with Gasteiger partial charge in [0.25, 0.3) is 0 Å². The number of amides is 1. The van der Waals surface area contributed by atoms with Crippen LogP contribution in [0.4, 0.5) is 0 Å². The monoisotopic (exact) mass is 539 g/mol. The third-order valence-corrected chi connectivity index (χ3v) is 6.35. The zero-order valence-electron chi connectivity index (χ0n) is 21.8. The molecule has 0 aliphatic carbocycles. The molecule has 4 N–H and O–H groups in total. The Hall–Kier alpha value is -1.52. The lowest BCUT2D eigenvalue weighted by Crippen LogP contribution is -2.43. The van der Waals surface area contributed by atoms with Crippen LogP contribution in [0.15, 0.2) is 0 Å². The highest BCUT2D eigenvalue weighted by Gasteiger charge is 2.28. The van der Waals surface area contributed by atoms with Crippen molar-refractivity contribution in [2.24, 2.45) is 0 Å². The van der Waals surface area contributed by atoms with Crippen molar-refractivity contribution in [2.75, 3.05) is 19.8 Å². The van der Waals surface area contributed by atoms with Gasteiger partial charge in [-0.15, -0.1) is 0 Å². The Labute approximate surface area is 214 Å². The second-order valence-corrected chi connectivity index (χ2v) is 10.3. The summed E-state index contributed by atoms with van der Waals surface area (Å²) >= 11 is 0. The molecule has 0 saturated heterocycles. The molecule has 0 spiro atoms. The Morgan fingerprint density at radius 1 is 0.778 bits per heavy atom. The maximum atomic E-state index is 12.0. The van der Waals surface area contributed by atoms with Crippen molar-refractivity contribution in [1.29, 1.82) is 0 Å². The van der Waals surface area contributed by atoms with Crippen LogP contribution in [-0.2, 0) is 32.7 Å². The molecule has 36 heavy (non-hydrogen) atoms. The number of aliphatic hydroxyl groups is 1. The summed E-state index contributed by atoms with van der Waals surface area (Å²) in [5.74, 6) is -2.40. The molecule has 11 nitrogen and oxygen atoms in total. The van der Waals surface area contributed by atoms with E-state index in [4.69, 9.17) is 4.74 Å². The minimum absolute atomic E-state index is 0.147. The average Bonchev–Trinajstić information content (AvgIpc) is 2.83. The molecule has 0 aromatic carbocycles. The second-order valence-electron chi connectivity index (χ2n) is 8.89. The molecule has 212 valence electrons. The number of hydrogen-bond donors (Lipinski definition) is 4. The Bertz CT molecular complexity index is 661. The summed E-state index contributed by atoms with van der Waals surface area (Å²) in [6.07, 6.45) is 10.9. The normalized spacial score (nSPS) is 14.6. The van der Waals surface area contributed by atoms with Crippen LogP contribution >= 0.6 is 7.82 Å². The van der Waals surface area contributed by atoms with Gasteiger partial charge in [0.2, 0.25) is 5.91 Å². The number of rotatable bonds is 24. The van der Waals surface area contributed by atoms with Crippen molar-refractivity contribution < 1.29 is 47.8 Å². The summed E-state index contributed by atoms with van der Waals surface area (Å²) in [7, 11) is -4.71. The lowest BCUT2D eigenvalue weighted by molar-refractivity contribution is -0.147. The van der Waals surface area contributed by atoms with E-state index in [1.165, 1.54) is 6.42 Å². The van der Waals surface area contributed by atoms with E-state index in [1.54, 1.807) is 0 Å². The Kier molecular flexibility index (Phi) is 20.6. The number of aliphatic hydroxyl groups excluding tert-OH is 1. The molecular weight excluding hydrogens is 493 g/mol. The van der Waals surface area contributed by atoms with Crippen molar-refractivity contribution in [3.63, 3.8) is 0 Å². The number of unbranched alkanes of at least 4 members (excludes halogenated alkanes) is 10. The molecular formula is C24H46NO10P. The number of ether oxygens (including phenoxy) is 1. The van der Waals surface area contributed by atoms with Crippen LogP contribution in [0.2, 0.25) is 0 Å². The summed E-state index contributed by atoms with van der Waals surface area (Å²) in [5.41, 5.74) is 0. The minimum Gasteiger partial charge on any atom is -0.480 e. The smallest absolute Gasteiger partial charge is 0.472 e. The van der Waals surface area contributed by atoms with Crippen molar-refractivity contribution in [3.05, 3.63) is 0 Å². The van der Waals surface area contributed by atoms with Gasteiger partial charge in [0.1, 0.15) is 12.7 Å². The van der Waals surface area contributed by atoms with E-state index in [2.05, 4.69) is 28.2 Å². The van der Waals surface area contributed by atoms with Crippen LogP contribution in [0.1, 0.15) is 104 Å². The summed E-state index contributed by atoms with van der Waals surface area (Å²) < 4.78 is 26.2. The molecule has 0 bridgehead atoms. The van der Waals surface area contributed by atoms with Crippen LogP contribution in [0, 0.1) is 0 Å². The van der Waals surface area contributed by atoms with Gasteiger partial charge in [-0.1, -0.05) is 78.1 Å². The van der Waals surface area contributed by atoms with E-state index in [-0.39, 0.29) is 12.8 Å². The summed E-state index contributed by atoms with van der Waals surface area (Å²) in [5, 5.41) is 21.3. The number of carbonyl (C=O) groups is 3. The number of nitrogens with one attached hydrogen (secondary N) is 1. The number of aliphatic carboxylic acids is 1. The summed E-state index contributed by atoms with van der Waals surface area (Å²) in [4.78, 5) is 44.8. The average molecular weight is 540 g/mol. The molecule has 0 saturated carbocycles. The van der Waals surface area contributed by atoms with E-state index in [0.717, 1.165) is 57.8 Å². The van der Waals surface area contributed by atoms with Crippen LogP contribution < -0.4 is 5.32 Å². The van der Waals surface area contributed by atoms with Gasteiger partial charge in [-0.05, 0) is 12.8 Å². The fourth-order valence-electron chi connectivity index (χ4n) is 3.25. The number of hydrogen-bond acceptors (Lipinski definition) is 8. The highest BCUT2D eigenvalue weighted by molar-refractivity contribution is 7.47. The molecule has 3 unspecified atom stereocenters. The van der Waals surface area contributed by atoms with Gasteiger partial charge in [-0.2, -0.15) is 0 Å². The fraction of sp³-hybridized carbons (Fsp3) is 0.875. The SMILES string of the molecule is CCCCCCCCCC(=O)NC(COP(=O)(O)OCC(O)COC(=O)CCCCCCC)C(=O)O. The maximum Gasteiger partial charge on any atom is 0.472 e. The highest BCUT2D eigenvalue weighted by atomic mass is 31.2. The molecule has 0 rings (SSSR count). The first-order valence-electron chi connectivity index (χ1n) is 13.1. The second kappa shape index (κ2) is 21.6. The van der Waals surface area contributed by atoms with Gasteiger partial charge in [0.15, 0.2) is 6.04 Å². The summed E-state index contributed by atoms with van der Waals surface area (Å²) in [6.45, 7) is 2.35. The van der Waals surface area contributed by atoms with Crippen molar-refractivity contribution in [3.8, 4) is 0 Å². The van der Waals surface area contributed by atoms with Crippen LogP contribution in [0.5, 0.6) is 0 Å². The number of esters is 1. The first-order valence-corrected chi connectivity index (χ1v) is 14.6. The van der Waals surface area contributed by atoms with Crippen LogP contribution in [0.3, 0.4) is 0 Å². The van der Waals surface area contributed by atoms with Gasteiger partial charge in [-0.3, -0.25) is 18.6 Å². The lowest BCUT2D eigenvalue weighted by atomic mass is 10.1. The van der Waals surface area contributed by atoms with Crippen molar-refractivity contribution >= 4 is 25.7 Å². The Morgan fingerprint density at radius 3 is 1.83 bits per heavy atom. The predicted octanol–water partition coefficient (Wildman–Crippen LogP) is 4.09. The van der Waals surface area contributed by atoms with Gasteiger partial charge >= 0.3 is 19.8 Å². The standard InChI is InChI=1S/C24H46NO10P/c1-3-5-7-9-10-12-13-15-22(27)25-21(24(29)30)19-35-36(31,32)34-18-20(26)17-33-23(28)16-14-11-8-6-4-2/h20-21,26H,3-19H2,1-2H3,(H,25,27)(H,29,30)(H,31,32). The number of carboxylic acids is 1. The third kappa shape index (κ3) is 20.7. The zero-order chi connectivity index (χ0) is 27.2. The third-order valence-electron chi connectivity index (χ3n) is 5.40. The molecule has 0 aromatic heterocycles.